The van der Waals surface area contributed by atoms with E-state index in [-0.39, 0.29) is 11.6 Å². The van der Waals surface area contributed by atoms with Crippen molar-refractivity contribution in [1.29, 1.82) is 0 Å². The van der Waals surface area contributed by atoms with Crippen LogP contribution in [0.4, 0.5) is 11.4 Å². The highest BCUT2D eigenvalue weighted by Gasteiger charge is 2.05. The third-order valence-corrected chi connectivity index (χ3v) is 4.41. The highest BCUT2D eigenvalue weighted by atomic mass is 16.6. The smallest absolute Gasteiger partial charge is 0.269 e. The Morgan fingerprint density at radius 3 is 2.52 bits per heavy atom. The molecule has 0 heterocycles. The minimum absolute atomic E-state index is 0.0305. The van der Waals surface area contributed by atoms with E-state index in [9.17, 15) is 14.9 Å². The van der Waals surface area contributed by atoms with Gasteiger partial charge in [0.25, 0.3) is 5.69 Å². The lowest BCUT2D eigenvalue weighted by atomic mass is 10.1. The van der Waals surface area contributed by atoms with Crippen molar-refractivity contribution in [3.63, 3.8) is 0 Å². The van der Waals surface area contributed by atoms with Crippen LogP contribution < -0.4 is 15.4 Å². The number of ether oxygens (including phenoxy) is 1. The lowest BCUT2D eigenvalue weighted by molar-refractivity contribution is -0.384. The fourth-order valence-electron chi connectivity index (χ4n) is 2.93. The third kappa shape index (κ3) is 5.93. The van der Waals surface area contributed by atoms with Gasteiger partial charge in [-0.05, 0) is 30.0 Å². The summed E-state index contributed by atoms with van der Waals surface area (Å²) in [4.78, 5) is 22.1. The molecule has 0 atom stereocenters. The lowest BCUT2D eigenvalue weighted by Crippen LogP contribution is -2.28. The molecule has 7 nitrogen and oxygen atoms in total. The quantitative estimate of drug-likeness (QED) is 0.307. The van der Waals surface area contributed by atoms with Crippen molar-refractivity contribution >= 4 is 28.1 Å². The van der Waals surface area contributed by atoms with Crippen molar-refractivity contribution in [2.24, 2.45) is 0 Å². The zero-order chi connectivity index (χ0) is 20.5. The van der Waals surface area contributed by atoms with Crippen LogP contribution in [0.2, 0.25) is 0 Å². The van der Waals surface area contributed by atoms with E-state index >= 15 is 0 Å². The molecule has 0 spiro atoms. The number of benzene rings is 3. The summed E-state index contributed by atoms with van der Waals surface area (Å²) in [7, 11) is 0. The van der Waals surface area contributed by atoms with Crippen LogP contribution in [0.15, 0.2) is 66.7 Å². The number of nitrogens with one attached hydrogen (secondary N) is 2. The van der Waals surface area contributed by atoms with Crippen LogP contribution in [0.1, 0.15) is 12.8 Å². The normalized spacial score (nSPS) is 10.5. The molecule has 150 valence electrons. The van der Waals surface area contributed by atoms with Crippen LogP contribution in [0.25, 0.3) is 10.8 Å². The molecule has 0 aliphatic heterocycles. The average molecular weight is 393 g/mol. The SMILES string of the molecule is O=C(CCCOc1cccc2ccccc12)NCCNc1ccc([N+](=O)[O-])cc1. The Balaban J connectivity index is 1.31. The Kier molecular flexibility index (Phi) is 7.00. The van der Waals surface area contributed by atoms with Crippen LogP contribution in [0.5, 0.6) is 5.75 Å². The van der Waals surface area contributed by atoms with Crippen LogP contribution in [0.3, 0.4) is 0 Å². The molecule has 29 heavy (non-hydrogen) atoms. The second-order valence-corrected chi connectivity index (χ2v) is 6.51. The zero-order valence-electron chi connectivity index (χ0n) is 16.0. The predicted octanol–water partition coefficient (Wildman–Crippen LogP) is 4.14. The third-order valence-electron chi connectivity index (χ3n) is 4.41. The number of nitro benzene ring substituents is 1. The number of nitrogens with zero attached hydrogens (tertiary/aromatic N) is 1. The van der Waals surface area contributed by atoms with Gasteiger partial charge in [-0.2, -0.15) is 0 Å². The second kappa shape index (κ2) is 10.1. The maximum Gasteiger partial charge on any atom is 0.269 e. The first kappa shape index (κ1) is 20.1. The topological polar surface area (TPSA) is 93.5 Å². The van der Waals surface area contributed by atoms with E-state index in [2.05, 4.69) is 10.6 Å². The van der Waals surface area contributed by atoms with Crippen molar-refractivity contribution in [1.82, 2.24) is 5.32 Å². The Morgan fingerprint density at radius 2 is 1.72 bits per heavy atom. The molecule has 0 aliphatic carbocycles. The molecule has 0 radical (unpaired) electrons. The van der Waals surface area contributed by atoms with Crippen molar-refractivity contribution in [3.05, 3.63) is 76.8 Å². The highest BCUT2D eigenvalue weighted by Crippen LogP contribution is 2.25. The Bertz CT molecular complexity index is 968. The molecule has 0 aliphatic rings. The molecule has 0 saturated carbocycles. The maximum absolute atomic E-state index is 11.9. The zero-order valence-corrected chi connectivity index (χ0v) is 16.0. The van der Waals surface area contributed by atoms with Crippen molar-refractivity contribution in [2.45, 2.75) is 12.8 Å². The van der Waals surface area contributed by atoms with Gasteiger partial charge in [0.1, 0.15) is 5.75 Å². The number of rotatable bonds is 10. The summed E-state index contributed by atoms with van der Waals surface area (Å²) >= 11 is 0. The number of amides is 1. The molecule has 1 amide bonds. The molecule has 7 heteroatoms. The van der Waals surface area contributed by atoms with E-state index in [1.165, 1.54) is 12.1 Å². The van der Waals surface area contributed by atoms with E-state index in [4.69, 9.17) is 4.74 Å². The number of nitro groups is 1. The van der Waals surface area contributed by atoms with Crippen molar-refractivity contribution in [2.75, 3.05) is 25.0 Å². The first-order valence-corrected chi connectivity index (χ1v) is 9.49. The average Bonchev–Trinajstić information content (AvgIpc) is 2.74. The van der Waals surface area contributed by atoms with Crippen LogP contribution in [0, 0.1) is 10.1 Å². The fourth-order valence-corrected chi connectivity index (χ4v) is 2.93. The number of fused-ring (bicyclic) bond motifs is 1. The van der Waals surface area contributed by atoms with E-state index in [0.29, 0.717) is 32.5 Å². The second-order valence-electron chi connectivity index (χ2n) is 6.51. The maximum atomic E-state index is 11.9. The summed E-state index contributed by atoms with van der Waals surface area (Å²) in [5, 5.41) is 18.8. The van der Waals surface area contributed by atoms with Crippen LogP contribution in [-0.2, 0) is 4.79 Å². The molecule has 0 unspecified atom stereocenters. The van der Waals surface area contributed by atoms with E-state index in [0.717, 1.165) is 22.2 Å². The molecule has 3 aromatic rings. The number of non-ortho nitro benzene ring substituents is 1. The minimum atomic E-state index is -0.437. The molecule has 3 rings (SSSR count). The Labute approximate surface area is 168 Å². The first-order chi connectivity index (χ1) is 14.1. The Hall–Kier alpha value is -3.61. The summed E-state index contributed by atoms with van der Waals surface area (Å²) < 4.78 is 5.84. The predicted molar refractivity (Wildman–Crippen MR) is 113 cm³/mol. The first-order valence-electron chi connectivity index (χ1n) is 9.49. The largest absolute Gasteiger partial charge is 0.493 e. The van der Waals surface area contributed by atoms with E-state index < -0.39 is 4.92 Å². The standard InChI is InChI=1S/C22H23N3O4/c26-22(24-15-14-23-18-10-12-19(13-11-18)25(27)28)9-4-16-29-21-8-3-6-17-5-1-2-7-20(17)21/h1-3,5-8,10-13,23H,4,9,14-16H2,(H,24,26). The summed E-state index contributed by atoms with van der Waals surface area (Å²) in [5.74, 6) is 0.799. The fraction of sp³-hybridized carbons (Fsp3) is 0.227. The summed E-state index contributed by atoms with van der Waals surface area (Å²) in [6.45, 7) is 1.48. The van der Waals surface area contributed by atoms with Gasteiger partial charge in [-0.15, -0.1) is 0 Å². The van der Waals surface area contributed by atoms with Gasteiger partial charge in [0.05, 0.1) is 11.5 Å². The lowest BCUT2D eigenvalue weighted by Gasteiger charge is -2.10. The minimum Gasteiger partial charge on any atom is -0.493 e. The molecule has 3 aromatic carbocycles. The molecule has 0 bridgehead atoms. The van der Waals surface area contributed by atoms with Gasteiger partial charge < -0.3 is 15.4 Å². The monoisotopic (exact) mass is 393 g/mol. The molecule has 2 N–H and O–H groups in total. The molecule has 0 saturated heterocycles. The van der Waals surface area contributed by atoms with Gasteiger partial charge in [-0.1, -0.05) is 36.4 Å². The Morgan fingerprint density at radius 1 is 0.966 bits per heavy atom. The summed E-state index contributed by atoms with van der Waals surface area (Å²) in [6.07, 6.45) is 1.02. The van der Waals surface area contributed by atoms with E-state index in [1.54, 1.807) is 12.1 Å². The molecule has 0 aromatic heterocycles. The van der Waals surface area contributed by atoms with Crippen LogP contribution >= 0.6 is 0 Å². The van der Waals surface area contributed by atoms with Gasteiger partial charge in [-0.3, -0.25) is 14.9 Å². The summed E-state index contributed by atoms with van der Waals surface area (Å²) in [6, 6.07) is 20.1. The van der Waals surface area contributed by atoms with Crippen molar-refractivity contribution in [3.8, 4) is 5.75 Å². The van der Waals surface area contributed by atoms with Gasteiger partial charge in [0, 0.05) is 42.7 Å². The van der Waals surface area contributed by atoms with Crippen molar-refractivity contribution < 1.29 is 14.5 Å². The molecule has 0 fully saturated rings. The van der Waals surface area contributed by atoms with Gasteiger partial charge in [-0.25, -0.2) is 0 Å². The summed E-state index contributed by atoms with van der Waals surface area (Å²) in [5.41, 5.74) is 0.822. The van der Waals surface area contributed by atoms with Gasteiger partial charge in [0.15, 0.2) is 0 Å². The van der Waals surface area contributed by atoms with E-state index in [1.807, 2.05) is 42.5 Å². The van der Waals surface area contributed by atoms with Gasteiger partial charge >= 0.3 is 0 Å². The molecular formula is C22H23N3O4. The number of carbonyl (C=O) groups excluding carboxylic acids is 1. The number of anilines is 1. The number of hydrogen-bond donors (Lipinski definition) is 2. The highest BCUT2D eigenvalue weighted by molar-refractivity contribution is 5.88. The molecular weight excluding hydrogens is 370 g/mol. The van der Waals surface area contributed by atoms with Gasteiger partial charge in [0.2, 0.25) is 5.91 Å². The number of carbonyl (C=O) groups is 1. The number of hydrogen-bond acceptors (Lipinski definition) is 5. The van der Waals surface area contributed by atoms with Crippen LogP contribution in [-0.4, -0.2) is 30.5 Å².